The first-order valence-electron chi connectivity index (χ1n) is 7.60. The summed E-state index contributed by atoms with van der Waals surface area (Å²) in [6, 6.07) is 6.26. The van der Waals surface area contributed by atoms with E-state index in [-0.39, 0.29) is 17.8 Å². The molecule has 0 atom stereocenters. The highest BCUT2D eigenvalue weighted by Gasteiger charge is 2.36. The lowest BCUT2D eigenvalue weighted by atomic mass is 10.0. The van der Waals surface area contributed by atoms with Gasteiger partial charge in [-0.05, 0) is 50.6 Å². The fourth-order valence-corrected chi connectivity index (χ4v) is 2.45. The average Bonchev–Trinajstić information content (AvgIpc) is 2.85. The van der Waals surface area contributed by atoms with Gasteiger partial charge in [-0.15, -0.1) is 0 Å². The Hall–Kier alpha value is -2.37. The predicted molar refractivity (Wildman–Crippen MR) is 84.5 cm³/mol. The van der Waals surface area contributed by atoms with Crippen LogP contribution < -0.4 is 0 Å². The maximum absolute atomic E-state index is 13.0. The first kappa shape index (κ1) is 15.5. The molecule has 0 radical (unpaired) electrons. The molecule has 2 heterocycles. The third kappa shape index (κ3) is 3.52. The number of rotatable bonds is 2. The van der Waals surface area contributed by atoms with E-state index in [4.69, 9.17) is 4.74 Å². The molecule has 1 aliphatic rings. The zero-order chi connectivity index (χ0) is 16.6. The minimum Gasteiger partial charge on any atom is -0.444 e. The second-order valence-electron chi connectivity index (χ2n) is 6.77. The zero-order valence-electron chi connectivity index (χ0n) is 13.5. The van der Waals surface area contributed by atoms with Crippen LogP contribution in [0.5, 0.6) is 0 Å². The van der Waals surface area contributed by atoms with Gasteiger partial charge in [-0.3, -0.25) is 0 Å². The van der Waals surface area contributed by atoms with Gasteiger partial charge in [0, 0.05) is 13.1 Å². The van der Waals surface area contributed by atoms with Crippen LogP contribution in [0.4, 0.5) is 9.18 Å². The standard InChI is InChI=1S/C17H20FN3O2/c1-17(2,3)23-16(22)21-9-12(10-21)15-19-8-14(20-15)11-4-6-13(18)7-5-11/h4-8,12H,9-10H2,1-3H3,(H,19,20). The lowest BCUT2D eigenvalue weighted by molar-refractivity contribution is 0.00759. The van der Waals surface area contributed by atoms with Gasteiger partial charge >= 0.3 is 6.09 Å². The number of nitrogens with one attached hydrogen (secondary N) is 1. The molecule has 5 nitrogen and oxygen atoms in total. The number of benzene rings is 1. The van der Waals surface area contributed by atoms with E-state index < -0.39 is 5.60 Å². The van der Waals surface area contributed by atoms with E-state index in [1.54, 1.807) is 23.2 Å². The van der Waals surface area contributed by atoms with Gasteiger partial charge in [-0.2, -0.15) is 0 Å². The van der Waals surface area contributed by atoms with Crippen molar-refractivity contribution in [2.45, 2.75) is 32.3 Å². The molecule has 0 bridgehead atoms. The highest BCUT2D eigenvalue weighted by Crippen LogP contribution is 2.28. The van der Waals surface area contributed by atoms with Crippen molar-refractivity contribution in [3.8, 4) is 11.3 Å². The van der Waals surface area contributed by atoms with E-state index in [1.807, 2.05) is 20.8 Å². The molecule has 1 aliphatic heterocycles. The van der Waals surface area contributed by atoms with Crippen molar-refractivity contribution in [2.24, 2.45) is 0 Å². The Balaban J connectivity index is 1.61. The smallest absolute Gasteiger partial charge is 0.410 e. The molecule has 1 aromatic carbocycles. The molecule has 0 spiro atoms. The topological polar surface area (TPSA) is 58.2 Å². The molecule has 3 rings (SSSR count). The van der Waals surface area contributed by atoms with Crippen molar-refractivity contribution < 1.29 is 13.9 Å². The number of carbonyl (C=O) groups excluding carboxylic acids is 1. The first-order chi connectivity index (χ1) is 10.8. The molecule has 0 aliphatic carbocycles. The summed E-state index contributed by atoms with van der Waals surface area (Å²) in [5.41, 5.74) is 1.24. The number of imidazole rings is 1. The third-order valence-corrected chi connectivity index (χ3v) is 3.67. The van der Waals surface area contributed by atoms with Gasteiger partial charge in [-0.25, -0.2) is 14.2 Å². The van der Waals surface area contributed by atoms with Crippen LogP contribution in [-0.2, 0) is 4.74 Å². The lowest BCUT2D eigenvalue weighted by Gasteiger charge is -2.38. The van der Waals surface area contributed by atoms with Gasteiger partial charge in [0.2, 0.25) is 0 Å². The third-order valence-electron chi connectivity index (χ3n) is 3.67. The summed E-state index contributed by atoms with van der Waals surface area (Å²) in [5.74, 6) is 0.751. The van der Waals surface area contributed by atoms with E-state index in [2.05, 4.69) is 9.97 Å². The van der Waals surface area contributed by atoms with Crippen LogP contribution in [0.15, 0.2) is 30.5 Å². The molecule has 1 saturated heterocycles. The normalized spacial score (nSPS) is 15.4. The van der Waals surface area contributed by atoms with Crippen LogP contribution in [0.3, 0.4) is 0 Å². The Morgan fingerprint density at radius 1 is 1.30 bits per heavy atom. The van der Waals surface area contributed by atoms with Crippen molar-refractivity contribution in [1.29, 1.82) is 0 Å². The van der Waals surface area contributed by atoms with Crippen LogP contribution in [-0.4, -0.2) is 39.7 Å². The molecule has 122 valence electrons. The summed E-state index contributed by atoms with van der Waals surface area (Å²) in [6.45, 7) is 6.73. The molecule has 1 amide bonds. The minimum absolute atomic E-state index is 0.178. The molecule has 0 unspecified atom stereocenters. The second kappa shape index (κ2) is 5.68. The van der Waals surface area contributed by atoms with Crippen molar-refractivity contribution >= 4 is 6.09 Å². The van der Waals surface area contributed by atoms with E-state index in [1.165, 1.54) is 12.1 Å². The Morgan fingerprint density at radius 3 is 2.57 bits per heavy atom. The van der Waals surface area contributed by atoms with E-state index in [9.17, 15) is 9.18 Å². The molecule has 6 heteroatoms. The van der Waals surface area contributed by atoms with Crippen molar-refractivity contribution in [2.75, 3.05) is 13.1 Å². The van der Waals surface area contributed by atoms with Crippen molar-refractivity contribution in [1.82, 2.24) is 14.9 Å². The second-order valence-corrected chi connectivity index (χ2v) is 6.77. The number of hydrogen-bond acceptors (Lipinski definition) is 3. The number of halogens is 1. The highest BCUT2D eigenvalue weighted by atomic mass is 19.1. The summed E-state index contributed by atoms with van der Waals surface area (Å²) >= 11 is 0. The fraction of sp³-hybridized carbons (Fsp3) is 0.412. The zero-order valence-corrected chi connectivity index (χ0v) is 13.5. The first-order valence-corrected chi connectivity index (χ1v) is 7.60. The highest BCUT2D eigenvalue weighted by molar-refractivity contribution is 5.69. The van der Waals surface area contributed by atoms with Crippen LogP contribution in [0.1, 0.15) is 32.5 Å². The van der Waals surface area contributed by atoms with Crippen LogP contribution in [0.25, 0.3) is 11.3 Å². The number of H-pyrrole nitrogens is 1. The fourth-order valence-electron chi connectivity index (χ4n) is 2.45. The Kier molecular flexibility index (Phi) is 3.83. The van der Waals surface area contributed by atoms with Gasteiger partial charge in [-0.1, -0.05) is 0 Å². The van der Waals surface area contributed by atoms with E-state index in [0.717, 1.165) is 17.1 Å². The van der Waals surface area contributed by atoms with E-state index >= 15 is 0 Å². The number of carbonyl (C=O) groups is 1. The maximum atomic E-state index is 13.0. The van der Waals surface area contributed by atoms with Crippen LogP contribution >= 0.6 is 0 Å². The quantitative estimate of drug-likeness (QED) is 0.921. The van der Waals surface area contributed by atoms with Gasteiger partial charge in [0.15, 0.2) is 0 Å². The Bertz CT molecular complexity index is 697. The molecule has 1 aromatic heterocycles. The molecule has 1 fully saturated rings. The number of hydrogen-bond donors (Lipinski definition) is 1. The monoisotopic (exact) mass is 317 g/mol. The molecule has 1 N–H and O–H groups in total. The molecule has 2 aromatic rings. The van der Waals surface area contributed by atoms with E-state index in [0.29, 0.717) is 13.1 Å². The van der Waals surface area contributed by atoms with Gasteiger partial charge in [0.1, 0.15) is 17.2 Å². The van der Waals surface area contributed by atoms with Gasteiger partial charge < -0.3 is 14.6 Å². The van der Waals surface area contributed by atoms with Crippen LogP contribution in [0.2, 0.25) is 0 Å². The Morgan fingerprint density at radius 2 is 1.96 bits per heavy atom. The van der Waals surface area contributed by atoms with Crippen molar-refractivity contribution in [3.63, 3.8) is 0 Å². The van der Waals surface area contributed by atoms with Crippen LogP contribution in [0, 0.1) is 5.82 Å². The summed E-state index contributed by atoms with van der Waals surface area (Å²) < 4.78 is 18.3. The minimum atomic E-state index is -0.484. The summed E-state index contributed by atoms with van der Waals surface area (Å²) in [5, 5.41) is 0. The largest absolute Gasteiger partial charge is 0.444 e. The molecular weight excluding hydrogens is 297 g/mol. The number of aromatic amines is 1. The molecular formula is C17H20FN3O2. The number of ether oxygens (including phenoxy) is 1. The summed E-state index contributed by atoms with van der Waals surface area (Å²) in [4.78, 5) is 21.2. The van der Waals surface area contributed by atoms with Gasteiger partial charge in [0.25, 0.3) is 0 Å². The molecule has 0 saturated carbocycles. The van der Waals surface area contributed by atoms with Crippen molar-refractivity contribution in [3.05, 3.63) is 42.1 Å². The average molecular weight is 317 g/mol. The summed E-state index contributed by atoms with van der Waals surface area (Å²) in [7, 11) is 0. The number of nitrogens with zero attached hydrogens (tertiary/aromatic N) is 2. The predicted octanol–water partition coefficient (Wildman–Crippen LogP) is 3.55. The molecule has 23 heavy (non-hydrogen) atoms. The number of likely N-dealkylation sites (tertiary alicyclic amines) is 1. The Labute approximate surface area is 134 Å². The van der Waals surface area contributed by atoms with Gasteiger partial charge in [0.05, 0.1) is 17.8 Å². The number of amides is 1. The SMILES string of the molecule is CC(C)(C)OC(=O)N1CC(c2ncc(-c3ccc(F)cc3)[nH]2)C1. The maximum Gasteiger partial charge on any atom is 0.410 e. The summed E-state index contributed by atoms with van der Waals surface area (Å²) in [6.07, 6.45) is 1.44. The number of aromatic nitrogens is 2. The lowest BCUT2D eigenvalue weighted by Crippen LogP contribution is -2.50.